The monoisotopic (exact) mass is 399 g/mol. The highest BCUT2D eigenvalue weighted by Crippen LogP contribution is 2.18. The van der Waals surface area contributed by atoms with Crippen LogP contribution in [0.5, 0.6) is 5.75 Å². The quantitative estimate of drug-likeness (QED) is 0.495. The third-order valence-corrected chi connectivity index (χ3v) is 4.95. The van der Waals surface area contributed by atoms with Crippen molar-refractivity contribution in [2.45, 2.75) is 54.0 Å². The van der Waals surface area contributed by atoms with Gasteiger partial charge in [-0.25, -0.2) is 0 Å². The number of nitrogens with zero attached hydrogens (tertiary/aromatic N) is 3. The Morgan fingerprint density at radius 3 is 2.41 bits per heavy atom. The lowest BCUT2D eigenvalue weighted by atomic mass is 10.1. The van der Waals surface area contributed by atoms with Crippen molar-refractivity contribution in [2.75, 3.05) is 19.7 Å². The molecule has 0 saturated heterocycles. The molecule has 1 aromatic heterocycles. The van der Waals surface area contributed by atoms with Crippen LogP contribution in [0.2, 0.25) is 0 Å². The van der Waals surface area contributed by atoms with Crippen molar-refractivity contribution in [1.82, 2.24) is 20.4 Å². The second-order valence-electron chi connectivity index (χ2n) is 7.92. The summed E-state index contributed by atoms with van der Waals surface area (Å²) >= 11 is 0. The van der Waals surface area contributed by atoms with E-state index in [4.69, 9.17) is 9.73 Å². The molecule has 1 aromatic carbocycles. The number of aliphatic imine (C=N–C) groups is 1. The minimum atomic E-state index is 0.147. The molecule has 1 atom stereocenters. The van der Waals surface area contributed by atoms with Crippen LogP contribution in [0.3, 0.4) is 0 Å². The largest absolute Gasteiger partial charge is 0.493 e. The highest BCUT2D eigenvalue weighted by Gasteiger charge is 2.10. The summed E-state index contributed by atoms with van der Waals surface area (Å²) in [4.78, 5) is 4.76. The number of rotatable bonds is 9. The van der Waals surface area contributed by atoms with Gasteiger partial charge in [-0.3, -0.25) is 9.67 Å². The fourth-order valence-electron chi connectivity index (χ4n) is 3.18. The van der Waals surface area contributed by atoms with Crippen LogP contribution in [0.25, 0.3) is 0 Å². The predicted octanol–water partition coefficient (Wildman–Crippen LogP) is 3.93. The van der Waals surface area contributed by atoms with E-state index < -0.39 is 0 Å². The van der Waals surface area contributed by atoms with E-state index in [0.29, 0.717) is 5.92 Å². The number of hydrogen-bond donors (Lipinski definition) is 2. The van der Waals surface area contributed by atoms with E-state index in [1.54, 1.807) is 0 Å². The maximum absolute atomic E-state index is 5.77. The molecule has 2 rings (SSSR count). The molecule has 0 aliphatic rings. The van der Waals surface area contributed by atoms with Gasteiger partial charge in [0, 0.05) is 25.8 Å². The van der Waals surface area contributed by atoms with E-state index in [2.05, 4.69) is 69.4 Å². The Balaban J connectivity index is 1.96. The zero-order valence-corrected chi connectivity index (χ0v) is 19.0. The first-order valence-corrected chi connectivity index (χ1v) is 10.6. The van der Waals surface area contributed by atoms with E-state index in [-0.39, 0.29) is 6.04 Å². The highest BCUT2D eigenvalue weighted by molar-refractivity contribution is 5.80. The Bertz CT molecular complexity index is 792. The first-order valence-electron chi connectivity index (χ1n) is 10.6. The van der Waals surface area contributed by atoms with Crippen LogP contribution in [0, 0.1) is 19.8 Å². The molecule has 0 spiro atoms. The normalized spacial score (nSPS) is 12.9. The summed E-state index contributed by atoms with van der Waals surface area (Å²) in [7, 11) is 1.99. The van der Waals surface area contributed by atoms with E-state index in [9.17, 15) is 0 Å². The molecule has 0 amide bonds. The zero-order chi connectivity index (χ0) is 21.4. The van der Waals surface area contributed by atoms with Crippen molar-refractivity contribution < 1.29 is 4.74 Å². The van der Waals surface area contributed by atoms with Gasteiger partial charge in [-0.15, -0.1) is 0 Å². The van der Waals surface area contributed by atoms with Gasteiger partial charge in [0.25, 0.3) is 0 Å². The Morgan fingerprint density at radius 1 is 1.17 bits per heavy atom. The molecule has 0 bridgehead atoms. The molecule has 29 heavy (non-hydrogen) atoms. The summed E-state index contributed by atoms with van der Waals surface area (Å²) in [6.45, 7) is 15.0. The molecule has 0 aliphatic carbocycles. The predicted molar refractivity (Wildman–Crippen MR) is 121 cm³/mol. The SMILES string of the molecule is CCNC(=NCCc1c(C)nn(C)c1C)NC(C)c1ccc(OCC(C)C)cc1. The van der Waals surface area contributed by atoms with E-state index in [1.165, 1.54) is 16.8 Å². The molecule has 0 aliphatic heterocycles. The van der Waals surface area contributed by atoms with Crippen molar-refractivity contribution in [2.24, 2.45) is 18.0 Å². The van der Waals surface area contributed by atoms with Crippen molar-refractivity contribution >= 4 is 5.96 Å². The topological polar surface area (TPSA) is 63.5 Å². The molecule has 1 heterocycles. The third kappa shape index (κ3) is 6.80. The molecule has 1 unspecified atom stereocenters. The fraction of sp³-hybridized carbons (Fsp3) is 0.565. The van der Waals surface area contributed by atoms with Crippen molar-refractivity contribution in [3.63, 3.8) is 0 Å². The maximum atomic E-state index is 5.77. The van der Waals surface area contributed by atoms with Gasteiger partial charge in [-0.05, 0) is 63.3 Å². The van der Waals surface area contributed by atoms with Gasteiger partial charge in [0.15, 0.2) is 5.96 Å². The molecule has 6 heteroatoms. The van der Waals surface area contributed by atoms with Gasteiger partial charge >= 0.3 is 0 Å². The lowest BCUT2D eigenvalue weighted by Gasteiger charge is -2.19. The van der Waals surface area contributed by atoms with Gasteiger partial charge in [0.2, 0.25) is 0 Å². The summed E-state index contributed by atoms with van der Waals surface area (Å²) < 4.78 is 7.71. The Labute approximate surface area is 175 Å². The molecule has 2 aromatic rings. The number of guanidine groups is 1. The third-order valence-electron chi connectivity index (χ3n) is 4.95. The van der Waals surface area contributed by atoms with Gasteiger partial charge in [-0.2, -0.15) is 5.10 Å². The summed E-state index contributed by atoms with van der Waals surface area (Å²) in [5.41, 5.74) is 4.79. The second-order valence-corrected chi connectivity index (χ2v) is 7.92. The Hall–Kier alpha value is -2.50. The summed E-state index contributed by atoms with van der Waals surface area (Å²) in [6.07, 6.45) is 0.887. The van der Waals surface area contributed by atoms with Gasteiger partial charge in [0.05, 0.1) is 18.3 Å². The van der Waals surface area contributed by atoms with Crippen LogP contribution < -0.4 is 15.4 Å². The van der Waals surface area contributed by atoms with E-state index >= 15 is 0 Å². The number of aromatic nitrogens is 2. The van der Waals surface area contributed by atoms with Gasteiger partial charge in [0.1, 0.15) is 5.75 Å². The first kappa shape index (κ1) is 22.8. The minimum absolute atomic E-state index is 0.147. The molecule has 6 nitrogen and oxygen atoms in total. The summed E-state index contributed by atoms with van der Waals surface area (Å²) in [6, 6.07) is 8.44. The van der Waals surface area contributed by atoms with Crippen molar-refractivity contribution in [3.8, 4) is 5.75 Å². The number of benzene rings is 1. The number of aryl methyl sites for hydroxylation is 2. The molecule has 0 saturated carbocycles. The molecule has 2 N–H and O–H groups in total. The van der Waals surface area contributed by atoms with E-state index in [1.807, 2.05) is 23.9 Å². The smallest absolute Gasteiger partial charge is 0.191 e. The number of hydrogen-bond acceptors (Lipinski definition) is 3. The maximum Gasteiger partial charge on any atom is 0.191 e. The average molecular weight is 400 g/mol. The lowest BCUT2D eigenvalue weighted by Crippen LogP contribution is -2.38. The fourth-order valence-corrected chi connectivity index (χ4v) is 3.18. The van der Waals surface area contributed by atoms with Crippen LogP contribution in [0.4, 0.5) is 0 Å². The summed E-state index contributed by atoms with van der Waals surface area (Å²) in [5, 5.41) is 11.3. The number of ether oxygens (including phenoxy) is 1. The second kappa shape index (κ2) is 10.9. The summed E-state index contributed by atoms with van der Waals surface area (Å²) in [5.74, 6) is 2.27. The van der Waals surface area contributed by atoms with Crippen molar-refractivity contribution in [1.29, 1.82) is 0 Å². The molecule has 0 fully saturated rings. The molecule has 0 radical (unpaired) electrons. The Morgan fingerprint density at radius 2 is 1.86 bits per heavy atom. The molecular formula is C23H37N5O. The van der Waals surface area contributed by atoms with Crippen molar-refractivity contribution in [3.05, 3.63) is 46.8 Å². The van der Waals surface area contributed by atoms with E-state index in [0.717, 1.165) is 43.5 Å². The molecular weight excluding hydrogens is 362 g/mol. The van der Waals surface area contributed by atoms with Gasteiger partial charge < -0.3 is 15.4 Å². The van der Waals surface area contributed by atoms with Crippen LogP contribution in [-0.4, -0.2) is 35.4 Å². The minimum Gasteiger partial charge on any atom is -0.493 e. The number of nitrogens with one attached hydrogen (secondary N) is 2. The van der Waals surface area contributed by atoms with Crippen LogP contribution in [0.15, 0.2) is 29.3 Å². The van der Waals surface area contributed by atoms with Crippen LogP contribution in [0.1, 0.15) is 56.3 Å². The Kier molecular flexibility index (Phi) is 8.55. The van der Waals surface area contributed by atoms with Crippen LogP contribution in [-0.2, 0) is 13.5 Å². The average Bonchev–Trinajstić information content (AvgIpc) is 2.92. The highest BCUT2D eigenvalue weighted by atomic mass is 16.5. The first-order chi connectivity index (χ1) is 13.8. The molecule has 160 valence electrons. The zero-order valence-electron chi connectivity index (χ0n) is 19.0. The standard InChI is InChI=1S/C23H37N5O/c1-8-24-23(25-14-13-22-18(5)27-28(7)19(22)6)26-17(4)20-9-11-21(12-10-20)29-15-16(2)3/h9-12,16-17H,8,13-15H2,1-7H3,(H2,24,25,26). The lowest BCUT2D eigenvalue weighted by molar-refractivity contribution is 0.271. The van der Waals surface area contributed by atoms with Gasteiger partial charge in [-0.1, -0.05) is 26.0 Å². The van der Waals surface area contributed by atoms with Crippen LogP contribution >= 0.6 is 0 Å².